The second-order valence-corrected chi connectivity index (χ2v) is 3.65. The second kappa shape index (κ2) is 5.71. The molecule has 0 aliphatic rings. The molecule has 0 saturated carbocycles. The van der Waals surface area contributed by atoms with Crippen LogP contribution in [0.4, 0.5) is 0 Å². The Hall–Kier alpha value is 0.0500. The fourth-order valence-corrected chi connectivity index (χ4v) is 1.62. The van der Waals surface area contributed by atoms with Crippen LogP contribution in [0.2, 0.25) is 10.0 Å². The minimum Gasteiger partial charge on any atom is -0.330 e. The fourth-order valence-electron chi connectivity index (χ4n) is 1.03. The Morgan fingerprint density at radius 1 is 1.38 bits per heavy atom. The molecule has 0 fully saturated rings. The first-order valence-corrected chi connectivity index (χ1v) is 4.55. The van der Waals surface area contributed by atoms with Gasteiger partial charge in [0, 0.05) is 10.0 Å². The Balaban J connectivity index is 0.00000144. The third kappa shape index (κ3) is 3.35. The Labute approximate surface area is 94.6 Å². The van der Waals surface area contributed by atoms with Gasteiger partial charge >= 0.3 is 0 Å². The van der Waals surface area contributed by atoms with Gasteiger partial charge in [-0.3, -0.25) is 0 Å². The molecule has 13 heavy (non-hydrogen) atoms. The van der Waals surface area contributed by atoms with E-state index < -0.39 is 0 Å². The molecule has 74 valence electrons. The third-order valence-electron chi connectivity index (χ3n) is 1.85. The Kier molecular flexibility index (Phi) is 5.73. The van der Waals surface area contributed by atoms with Crippen molar-refractivity contribution in [3.63, 3.8) is 0 Å². The van der Waals surface area contributed by atoms with Gasteiger partial charge in [0.2, 0.25) is 0 Å². The van der Waals surface area contributed by atoms with Crippen LogP contribution in [-0.2, 0) is 0 Å². The van der Waals surface area contributed by atoms with Gasteiger partial charge in [0.15, 0.2) is 0 Å². The van der Waals surface area contributed by atoms with Gasteiger partial charge in [0.1, 0.15) is 0 Å². The van der Waals surface area contributed by atoms with Crippen LogP contribution in [-0.4, -0.2) is 6.54 Å². The van der Waals surface area contributed by atoms with Crippen LogP contribution in [0.3, 0.4) is 0 Å². The molecule has 4 heteroatoms. The summed E-state index contributed by atoms with van der Waals surface area (Å²) in [6.07, 6.45) is 0. The summed E-state index contributed by atoms with van der Waals surface area (Å²) in [4.78, 5) is 0. The van der Waals surface area contributed by atoms with Gasteiger partial charge in [-0.15, -0.1) is 12.4 Å². The van der Waals surface area contributed by atoms with E-state index in [9.17, 15) is 0 Å². The van der Waals surface area contributed by atoms with Crippen molar-refractivity contribution in [2.75, 3.05) is 6.54 Å². The van der Waals surface area contributed by atoms with Crippen molar-refractivity contribution >= 4 is 35.6 Å². The van der Waals surface area contributed by atoms with Gasteiger partial charge < -0.3 is 5.73 Å². The highest BCUT2D eigenvalue weighted by Gasteiger charge is 2.07. The predicted molar refractivity (Wildman–Crippen MR) is 61.2 cm³/mol. The number of nitrogens with two attached hydrogens (primary N) is 1. The smallest absolute Gasteiger partial charge is 0.0456 e. The molecule has 0 aliphatic heterocycles. The molecule has 0 spiro atoms. The predicted octanol–water partition coefficient (Wildman–Crippen LogP) is 3.48. The van der Waals surface area contributed by atoms with Crippen LogP contribution >= 0.6 is 35.6 Å². The van der Waals surface area contributed by atoms with E-state index in [1.807, 2.05) is 19.1 Å². The fraction of sp³-hybridized carbons (Fsp3) is 0.333. The average molecular weight is 241 g/mol. The van der Waals surface area contributed by atoms with Crippen molar-refractivity contribution in [2.45, 2.75) is 12.8 Å². The summed E-state index contributed by atoms with van der Waals surface area (Å²) in [5.74, 6) is 0.287. The SMILES string of the molecule is CC(CN)c1ccc(Cl)cc1Cl.Cl. The molecule has 1 rings (SSSR count). The van der Waals surface area contributed by atoms with E-state index in [1.54, 1.807) is 6.07 Å². The molecule has 0 heterocycles. The van der Waals surface area contributed by atoms with Gasteiger partial charge in [-0.1, -0.05) is 36.2 Å². The Morgan fingerprint density at radius 2 is 2.00 bits per heavy atom. The summed E-state index contributed by atoms with van der Waals surface area (Å²) in [5.41, 5.74) is 6.58. The van der Waals surface area contributed by atoms with Crippen LogP contribution in [0.15, 0.2) is 18.2 Å². The second-order valence-electron chi connectivity index (χ2n) is 2.80. The van der Waals surface area contributed by atoms with Gasteiger partial charge in [-0.2, -0.15) is 0 Å². The standard InChI is InChI=1S/C9H11Cl2N.ClH/c1-6(5-12)8-3-2-7(10)4-9(8)11;/h2-4,6H,5,12H2,1H3;1H. The molecule has 0 aliphatic carbocycles. The zero-order chi connectivity index (χ0) is 9.14. The maximum absolute atomic E-state index is 5.96. The lowest BCUT2D eigenvalue weighted by molar-refractivity contribution is 0.774. The maximum atomic E-state index is 5.96. The average Bonchev–Trinajstić information content (AvgIpc) is 2.03. The summed E-state index contributed by atoms with van der Waals surface area (Å²) in [5, 5.41) is 1.36. The number of halogens is 3. The van der Waals surface area contributed by atoms with Crippen LogP contribution < -0.4 is 5.73 Å². The molecule has 0 aromatic heterocycles. The molecule has 0 saturated heterocycles. The summed E-state index contributed by atoms with van der Waals surface area (Å²) >= 11 is 11.7. The molecule has 2 N–H and O–H groups in total. The molecule has 1 aromatic rings. The van der Waals surface area contributed by atoms with E-state index in [-0.39, 0.29) is 18.3 Å². The molecule has 0 bridgehead atoms. The van der Waals surface area contributed by atoms with E-state index in [2.05, 4.69) is 0 Å². The first-order chi connectivity index (χ1) is 5.65. The van der Waals surface area contributed by atoms with E-state index in [0.717, 1.165) is 5.56 Å². The van der Waals surface area contributed by atoms with Crippen molar-refractivity contribution in [3.05, 3.63) is 33.8 Å². The molecular formula is C9H12Cl3N. The van der Waals surface area contributed by atoms with Gasteiger partial charge in [0.05, 0.1) is 0 Å². The monoisotopic (exact) mass is 239 g/mol. The van der Waals surface area contributed by atoms with Crippen molar-refractivity contribution in [1.29, 1.82) is 0 Å². The number of hydrogen-bond acceptors (Lipinski definition) is 1. The molecule has 0 amide bonds. The summed E-state index contributed by atoms with van der Waals surface area (Å²) in [7, 11) is 0. The quantitative estimate of drug-likeness (QED) is 0.841. The van der Waals surface area contributed by atoms with Gasteiger partial charge in [0.25, 0.3) is 0 Å². The zero-order valence-corrected chi connectivity index (χ0v) is 9.59. The van der Waals surface area contributed by atoms with Crippen LogP contribution in [0, 0.1) is 0 Å². The molecule has 1 atom stereocenters. The maximum Gasteiger partial charge on any atom is 0.0456 e. The minimum atomic E-state index is 0. The largest absolute Gasteiger partial charge is 0.330 e. The minimum absolute atomic E-state index is 0. The van der Waals surface area contributed by atoms with E-state index in [4.69, 9.17) is 28.9 Å². The molecular weight excluding hydrogens is 228 g/mol. The van der Waals surface area contributed by atoms with Crippen LogP contribution in [0.5, 0.6) is 0 Å². The molecule has 0 radical (unpaired) electrons. The molecule has 1 unspecified atom stereocenters. The summed E-state index contributed by atoms with van der Waals surface area (Å²) in [6.45, 7) is 2.64. The lowest BCUT2D eigenvalue weighted by atomic mass is 10.0. The van der Waals surface area contributed by atoms with E-state index >= 15 is 0 Å². The van der Waals surface area contributed by atoms with Crippen molar-refractivity contribution in [3.8, 4) is 0 Å². The first-order valence-electron chi connectivity index (χ1n) is 3.80. The highest BCUT2D eigenvalue weighted by molar-refractivity contribution is 6.35. The lowest BCUT2D eigenvalue weighted by Gasteiger charge is -2.10. The molecule has 1 aromatic carbocycles. The van der Waals surface area contributed by atoms with Gasteiger partial charge in [-0.25, -0.2) is 0 Å². The number of rotatable bonds is 2. The Bertz CT molecular complexity index is 276. The molecule has 1 nitrogen and oxygen atoms in total. The van der Waals surface area contributed by atoms with Crippen LogP contribution in [0.1, 0.15) is 18.4 Å². The van der Waals surface area contributed by atoms with Crippen molar-refractivity contribution < 1.29 is 0 Å². The van der Waals surface area contributed by atoms with Crippen LogP contribution in [0.25, 0.3) is 0 Å². The summed E-state index contributed by atoms with van der Waals surface area (Å²) < 4.78 is 0. The van der Waals surface area contributed by atoms with Gasteiger partial charge in [-0.05, 0) is 30.2 Å². The van der Waals surface area contributed by atoms with Crippen molar-refractivity contribution in [2.24, 2.45) is 5.73 Å². The zero-order valence-electron chi connectivity index (χ0n) is 7.26. The highest BCUT2D eigenvalue weighted by atomic mass is 35.5. The topological polar surface area (TPSA) is 26.0 Å². The number of hydrogen-bond donors (Lipinski definition) is 1. The van der Waals surface area contributed by atoms with E-state index in [1.165, 1.54) is 0 Å². The number of benzene rings is 1. The Morgan fingerprint density at radius 3 is 2.46 bits per heavy atom. The highest BCUT2D eigenvalue weighted by Crippen LogP contribution is 2.26. The lowest BCUT2D eigenvalue weighted by Crippen LogP contribution is -2.09. The first kappa shape index (κ1) is 13.1. The van der Waals surface area contributed by atoms with E-state index in [0.29, 0.717) is 16.6 Å². The summed E-state index contributed by atoms with van der Waals surface area (Å²) in [6, 6.07) is 5.49. The van der Waals surface area contributed by atoms with Crippen molar-refractivity contribution in [1.82, 2.24) is 0 Å². The normalized spacial score (nSPS) is 12.0. The third-order valence-corrected chi connectivity index (χ3v) is 2.41.